The second-order valence-electron chi connectivity index (χ2n) is 9.69. The van der Waals surface area contributed by atoms with Crippen LogP contribution in [-0.2, 0) is 4.79 Å². The van der Waals surface area contributed by atoms with Gasteiger partial charge in [0.25, 0.3) is 0 Å². The second kappa shape index (κ2) is 4.26. The van der Waals surface area contributed by atoms with Gasteiger partial charge in [-0.05, 0) is 67.1 Å². The predicted molar refractivity (Wildman–Crippen MR) is 87.3 cm³/mol. The second-order valence-corrected chi connectivity index (χ2v) is 9.69. The molecule has 2 heteroatoms. The summed E-state index contributed by atoms with van der Waals surface area (Å²) in [6.45, 7) is 11.0. The summed E-state index contributed by atoms with van der Waals surface area (Å²) in [5.41, 5.74) is 1.70. The number of hydrogen-bond donors (Lipinski definition) is 1. The van der Waals surface area contributed by atoms with E-state index >= 15 is 0 Å². The molecule has 6 atom stereocenters. The van der Waals surface area contributed by atoms with E-state index in [9.17, 15) is 9.90 Å². The van der Waals surface area contributed by atoms with Gasteiger partial charge in [0.2, 0.25) is 0 Å². The fourth-order valence-electron chi connectivity index (χ4n) is 7.49. The highest BCUT2D eigenvalue weighted by Crippen LogP contribution is 2.71. The van der Waals surface area contributed by atoms with Gasteiger partial charge in [-0.2, -0.15) is 0 Å². The van der Waals surface area contributed by atoms with Crippen molar-refractivity contribution in [1.29, 1.82) is 0 Å². The zero-order valence-corrected chi connectivity index (χ0v) is 14.3. The fraction of sp³-hybridized carbons (Fsp3) is 0.850. The van der Waals surface area contributed by atoms with E-state index in [1.54, 1.807) is 0 Å². The highest BCUT2D eigenvalue weighted by atomic mass is 16.3. The summed E-state index contributed by atoms with van der Waals surface area (Å²) in [7, 11) is 0. The van der Waals surface area contributed by atoms with Crippen LogP contribution in [0.25, 0.3) is 0 Å². The number of aliphatic hydroxyl groups excluding tert-OH is 1. The molecule has 122 valence electrons. The van der Waals surface area contributed by atoms with Crippen LogP contribution >= 0.6 is 0 Å². The van der Waals surface area contributed by atoms with Gasteiger partial charge < -0.3 is 5.11 Å². The van der Waals surface area contributed by atoms with E-state index < -0.39 is 6.10 Å². The molecule has 0 aromatic rings. The lowest BCUT2D eigenvalue weighted by Gasteiger charge is -2.64. The Hall–Kier alpha value is -0.630. The van der Waals surface area contributed by atoms with Gasteiger partial charge in [-0.25, -0.2) is 0 Å². The molecule has 2 bridgehead atoms. The van der Waals surface area contributed by atoms with Crippen LogP contribution in [0.4, 0.5) is 0 Å². The van der Waals surface area contributed by atoms with Crippen LogP contribution in [0.3, 0.4) is 0 Å². The molecule has 22 heavy (non-hydrogen) atoms. The van der Waals surface area contributed by atoms with E-state index in [0.29, 0.717) is 23.7 Å². The summed E-state index contributed by atoms with van der Waals surface area (Å²) in [6, 6.07) is 0. The molecule has 4 saturated carbocycles. The molecule has 4 rings (SSSR count). The van der Waals surface area contributed by atoms with Gasteiger partial charge in [0.05, 0.1) is 0 Å². The number of ketones is 1. The van der Waals surface area contributed by atoms with Gasteiger partial charge in [-0.1, -0.05) is 32.9 Å². The van der Waals surface area contributed by atoms with E-state index in [0.717, 1.165) is 5.92 Å². The van der Waals surface area contributed by atoms with Crippen molar-refractivity contribution in [2.24, 2.45) is 34.0 Å². The summed E-state index contributed by atoms with van der Waals surface area (Å²) < 4.78 is 0. The molecule has 1 spiro atoms. The van der Waals surface area contributed by atoms with Crippen molar-refractivity contribution in [1.82, 2.24) is 0 Å². The van der Waals surface area contributed by atoms with Crippen molar-refractivity contribution in [2.75, 3.05) is 0 Å². The monoisotopic (exact) mass is 302 g/mol. The van der Waals surface area contributed by atoms with Crippen LogP contribution in [-0.4, -0.2) is 17.0 Å². The van der Waals surface area contributed by atoms with Crippen LogP contribution in [0.15, 0.2) is 12.2 Å². The Morgan fingerprint density at radius 1 is 1.09 bits per heavy atom. The SMILES string of the molecule is C=C1C[C@]23CC[C@@H]4C(C)(C)[C@H](O)C(=O)C[C@@]4(C)[C@@H]2CC[C@@H]1C3. The maximum absolute atomic E-state index is 12.5. The Labute approximate surface area is 134 Å². The first-order valence-electron chi connectivity index (χ1n) is 9.09. The lowest BCUT2D eigenvalue weighted by molar-refractivity contribution is -0.186. The van der Waals surface area contributed by atoms with Gasteiger partial charge in [0, 0.05) is 11.8 Å². The quantitative estimate of drug-likeness (QED) is 0.683. The average Bonchev–Trinajstić information content (AvgIpc) is 2.66. The third kappa shape index (κ3) is 1.63. The Morgan fingerprint density at radius 2 is 1.82 bits per heavy atom. The lowest BCUT2D eigenvalue weighted by Crippen LogP contribution is -2.62. The first-order chi connectivity index (χ1) is 10.2. The summed E-state index contributed by atoms with van der Waals surface area (Å²) in [5.74, 6) is 1.94. The first kappa shape index (κ1) is 14.9. The standard InChI is InChI=1S/C20H30O2/c1-12-9-20-8-7-15-18(2,3)17(22)14(21)11-19(15,4)16(20)6-5-13(12)10-20/h13,15-17,22H,1,5-11H2,2-4H3/t13-,15-,16+,17-,19-,20+/m1/s1. The number of Topliss-reactive ketones (excluding diaryl/α,β-unsaturated/α-hetero) is 1. The molecule has 0 saturated heterocycles. The van der Waals surface area contributed by atoms with Crippen molar-refractivity contribution >= 4 is 5.78 Å². The molecular formula is C20H30O2. The van der Waals surface area contributed by atoms with E-state index in [1.165, 1.54) is 44.1 Å². The summed E-state index contributed by atoms with van der Waals surface area (Å²) in [6.07, 6.45) is 7.31. The van der Waals surface area contributed by atoms with Gasteiger partial charge in [0.15, 0.2) is 5.78 Å². The molecular weight excluding hydrogens is 272 g/mol. The third-order valence-corrected chi connectivity index (χ3v) is 8.34. The lowest BCUT2D eigenvalue weighted by atomic mass is 9.40. The average molecular weight is 302 g/mol. The molecule has 4 aliphatic rings. The molecule has 0 amide bonds. The van der Waals surface area contributed by atoms with E-state index in [2.05, 4.69) is 27.4 Å². The van der Waals surface area contributed by atoms with E-state index in [-0.39, 0.29) is 16.6 Å². The largest absolute Gasteiger partial charge is 0.385 e. The van der Waals surface area contributed by atoms with Crippen LogP contribution in [0.2, 0.25) is 0 Å². The molecule has 0 unspecified atom stereocenters. The van der Waals surface area contributed by atoms with Gasteiger partial charge >= 0.3 is 0 Å². The Balaban J connectivity index is 1.77. The normalized spacial score (nSPS) is 53.1. The van der Waals surface area contributed by atoms with Crippen molar-refractivity contribution < 1.29 is 9.90 Å². The predicted octanol–water partition coefficient (Wildman–Crippen LogP) is 4.13. The summed E-state index contributed by atoms with van der Waals surface area (Å²) >= 11 is 0. The molecule has 4 aliphatic carbocycles. The van der Waals surface area contributed by atoms with Crippen LogP contribution < -0.4 is 0 Å². The minimum absolute atomic E-state index is 0.0770. The highest BCUT2D eigenvalue weighted by molar-refractivity contribution is 5.85. The highest BCUT2D eigenvalue weighted by Gasteiger charge is 2.65. The zero-order valence-electron chi connectivity index (χ0n) is 14.3. The van der Waals surface area contributed by atoms with Crippen molar-refractivity contribution in [3.05, 3.63) is 12.2 Å². The maximum Gasteiger partial charge on any atom is 0.162 e. The molecule has 0 aromatic heterocycles. The minimum Gasteiger partial charge on any atom is -0.385 e. The first-order valence-corrected chi connectivity index (χ1v) is 9.09. The maximum atomic E-state index is 12.5. The van der Waals surface area contributed by atoms with Crippen molar-refractivity contribution in [3.63, 3.8) is 0 Å². The Bertz CT molecular complexity index is 548. The minimum atomic E-state index is -0.769. The molecule has 4 fully saturated rings. The van der Waals surface area contributed by atoms with Crippen molar-refractivity contribution in [2.45, 2.75) is 71.8 Å². The molecule has 0 heterocycles. The van der Waals surface area contributed by atoms with E-state index in [1.807, 2.05) is 0 Å². The van der Waals surface area contributed by atoms with Crippen LogP contribution in [0.1, 0.15) is 65.7 Å². The number of carbonyl (C=O) groups is 1. The number of carbonyl (C=O) groups excluding carboxylic acids is 1. The number of fused-ring (bicyclic) bond motifs is 3. The van der Waals surface area contributed by atoms with E-state index in [4.69, 9.17) is 0 Å². The van der Waals surface area contributed by atoms with Gasteiger partial charge in [-0.15, -0.1) is 0 Å². The Kier molecular flexibility index (Phi) is 2.89. The number of hydrogen-bond acceptors (Lipinski definition) is 2. The fourth-order valence-corrected chi connectivity index (χ4v) is 7.49. The molecule has 0 aromatic carbocycles. The topological polar surface area (TPSA) is 37.3 Å². The summed E-state index contributed by atoms with van der Waals surface area (Å²) in [4.78, 5) is 12.5. The number of aliphatic hydroxyl groups is 1. The Morgan fingerprint density at radius 3 is 2.55 bits per heavy atom. The number of allylic oxidation sites excluding steroid dienone is 1. The third-order valence-electron chi connectivity index (χ3n) is 8.34. The number of rotatable bonds is 0. The molecule has 0 radical (unpaired) electrons. The molecule has 1 N–H and O–H groups in total. The zero-order chi connectivity index (χ0) is 15.9. The molecule has 2 nitrogen and oxygen atoms in total. The van der Waals surface area contributed by atoms with Crippen LogP contribution in [0.5, 0.6) is 0 Å². The molecule has 0 aliphatic heterocycles. The van der Waals surface area contributed by atoms with Crippen molar-refractivity contribution in [3.8, 4) is 0 Å². The van der Waals surface area contributed by atoms with Gasteiger partial charge in [-0.3, -0.25) is 4.79 Å². The van der Waals surface area contributed by atoms with Gasteiger partial charge in [0.1, 0.15) is 6.10 Å². The van der Waals surface area contributed by atoms with Crippen LogP contribution in [0, 0.1) is 34.0 Å². The summed E-state index contributed by atoms with van der Waals surface area (Å²) in [5, 5.41) is 10.5. The smallest absolute Gasteiger partial charge is 0.162 e.